The van der Waals surface area contributed by atoms with Crippen molar-refractivity contribution in [1.29, 1.82) is 0 Å². The van der Waals surface area contributed by atoms with E-state index >= 15 is 0 Å². The number of carbonyl (C=O) groups is 1. The predicted molar refractivity (Wildman–Crippen MR) is 75.2 cm³/mol. The van der Waals surface area contributed by atoms with Crippen molar-refractivity contribution in [2.24, 2.45) is 5.92 Å². The maximum absolute atomic E-state index is 12.5. The summed E-state index contributed by atoms with van der Waals surface area (Å²) in [4.78, 5) is 17.0. The summed E-state index contributed by atoms with van der Waals surface area (Å²) >= 11 is 0. The second-order valence-corrected chi connectivity index (χ2v) is 5.86. The molecule has 3 aliphatic rings. The average molecular weight is 280 g/mol. The Morgan fingerprint density at radius 3 is 2.75 bits per heavy atom. The number of morpholine rings is 1. The van der Waals surface area contributed by atoms with E-state index in [1.807, 2.05) is 4.90 Å². The van der Waals surface area contributed by atoms with Gasteiger partial charge in [-0.25, -0.2) is 0 Å². The van der Waals surface area contributed by atoms with Crippen molar-refractivity contribution >= 4 is 5.91 Å². The third kappa shape index (κ3) is 2.69. The van der Waals surface area contributed by atoms with E-state index in [2.05, 4.69) is 11.8 Å². The molecule has 112 valence electrons. The molecule has 2 saturated heterocycles. The highest BCUT2D eigenvalue weighted by Crippen LogP contribution is 2.27. The van der Waals surface area contributed by atoms with Gasteiger partial charge in [0.1, 0.15) is 0 Å². The van der Waals surface area contributed by atoms with Crippen molar-refractivity contribution in [3.8, 4) is 0 Å². The molecule has 3 aliphatic heterocycles. The van der Waals surface area contributed by atoms with Crippen LogP contribution in [0.4, 0.5) is 0 Å². The van der Waals surface area contributed by atoms with Crippen molar-refractivity contribution in [2.75, 3.05) is 46.0 Å². The van der Waals surface area contributed by atoms with Crippen LogP contribution in [0.5, 0.6) is 0 Å². The standard InChI is InChI=1S/C15H24N2O3/c1-2-12-9-17(15(18)13-3-6-20-11-13)10-14(12)16-4-7-19-8-5-16/h11-12,14H,2-10H2,1H3/t12-,14+/m0/s1. The van der Waals surface area contributed by atoms with Gasteiger partial charge in [-0.15, -0.1) is 0 Å². The molecule has 0 unspecified atom stereocenters. The van der Waals surface area contributed by atoms with Crippen LogP contribution in [0.1, 0.15) is 19.8 Å². The topological polar surface area (TPSA) is 42.0 Å². The van der Waals surface area contributed by atoms with E-state index in [1.54, 1.807) is 6.26 Å². The lowest BCUT2D eigenvalue weighted by Crippen LogP contribution is -2.47. The van der Waals surface area contributed by atoms with Crippen molar-refractivity contribution < 1.29 is 14.3 Å². The molecule has 1 amide bonds. The van der Waals surface area contributed by atoms with Crippen LogP contribution in [0.15, 0.2) is 11.8 Å². The first kappa shape index (κ1) is 13.9. The predicted octanol–water partition coefficient (Wildman–Crippen LogP) is 0.860. The summed E-state index contributed by atoms with van der Waals surface area (Å²) in [5.74, 6) is 0.761. The van der Waals surface area contributed by atoms with Gasteiger partial charge in [0.05, 0.1) is 31.7 Å². The monoisotopic (exact) mass is 280 g/mol. The Bertz CT molecular complexity index is 391. The van der Waals surface area contributed by atoms with E-state index < -0.39 is 0 Å². The molecular formula is C15H24N2O3. The summed E-state index contributed by atoms with van der Waals surface area (Å²) < 4.78 is 10.6. The van der Waals surface area contributed by atoms with E-state index in [4.69, 9.17) is 9.47 Å². The Balaban J connectivity index is 1.65. The van der Waals surface area contributed by atoms with Crippen molar-refractivity contribution in [3.05, 3.63) is 11.8 Å². The minimum Gasteiger partial charge on any atom is -0.500 e. The number of hydrogen-bond donors (Lipinski definition) is 0. The van der Waals surface area contributed by atoms with Gasteiger partial charge in [-0.2, -0.15) is 0 Å². The van der Waals surface area contributed by atoms with Gasteiger partial charge in [-0.05, 0) is 5.92 Å². The van der Waals surface area contributed by atoms with Crippen LogP contribution in [-0.2, 0) is 14.3 Å². The maximum Gasteiger partial charge on any atom is 0.253 e. The molecule has 0 aromatic heterocycles. The zero-order valence-corrected chi connectivity index (χ0v) is 12.2. The first-order chi connectivity index (χ1) is 9.79. The van der Waals surface area contributed by atoms with Gasteiger partial charge in [0.15, 0.2) is 0 Å². The third-order valence-electron chi connectivity index (χ3n) is 4.72. The SMILES string of the molecule is CC[C@H]1CN(C(=O)C2=COCC2)C[C@H]1N1CCOCC1. The van der Waals surface area contributed by atoms with E-state index in [1.165, 1.54) is 0 Å². The molecule has 20 heavy (non-hydrogen) atoms. The van der Waals surface area contributed by atoms with Crippen molar-refractivity contribution in [3.63, 3.8) is 0 Å². The molecule has 5 heteroatoms. The summed E-state index contributed by atoms with van der Waals surface area (Å²) in [6, 6.07) is 0.496. The van der Waals surface area contributed by atoms with Crippen LogP contribution in [0.3, 0.4) is 0 Å². The molecule has 0 N–H and O–H groups in total. The van der Waals surface area contributed by atoms with E-state index in [0.717, 1.165) is 57.8 Å². The lowest BCUT2D eigenvalue weighted by molar-refractivity contribution is -0.126. The molecule has 0 aromatic carbocycles. The van der Waals surface area contributed by atoms with Crippen LogP contribution in [-0.4, -0.2) is 67.7 Å². The molecule has 0 saturated carbocycles. The Labute approximate surface area is 120 Å². The summed E-state index contributed by atoms with van der Waals surface area (Å²) in [6.45, 7) is 8.25. The number of rotatable bonds is 3. The lowest BCUT2D eigenvalue weighted by Gasteiger charge is -2.34. The van der Waals surface area contributed by atoms with Crippen molar-refractivity contribution in [2.45, 2.75) is 25.8 Å². The smallest absolute Gasteiger partial charge is 0.253 e. The van der Waals surface area contributed by atoms with Crippen LogP contribution >= 0.6 is 0 Å². The zero-order valence-electron chi connectivity index (χ0n) is 12.2. The number of nitrogens with zero attached hydrogens (tertiary/aromatic N) is 2. The summed E-state index contributed by atoms with van der Waals surface area (Å²) in [6.07, 6.45) is 3.53. The van der Waals surface area contributed by atoms with Crippen molar-refractivity contribution in [1.82, 2.24) is 9.80 Å². The zero-order chi connectivity index (χ0) is 13.9. The van der Waals surface area contributed by atoms with Gasteiger partial charge in [0.25, 0.3) is 5.91 Å². The number of carbonyl (C=O) groups excluding carboxylic acids is 1. The van der Waals surface area contributed by atoms with Crippen LogP contribution in [0, 0.1) is 5.92 Å². The fourth-order valence-corrected chi connectivity index (χ4v) is 3.49. The van der Waals surface area contributed by atoms with E-state index in [0.29, 0.717) is 18.6 Å². The molecule has 0 bridgehead atoms. The highest BCUT2D eigenvalue weighted by molar-refractivity contribution is 5.93. The summed E-state index contributed by atoms with van der Waals surface area (Å²) in [5.41, 5.74) is 0.836. The molecule has 0 radical (unpaired) electrons. The van der Waals surface area contributed by atoms with Gasteiger partial charge in [0.2, 0.25) is 0 Å². The minimum atomic E-state index is 0.178. The first-order valence-electron chi connectivity index (χ1n) is 7.71. The van der Waals surface area contributed by atoms with Gasteiger partial charge in [-0.1, -0.05) is 13.3 Å². The van der Waals surface area contributed by atoms with Gasteiger partial charge >= 0.3 is 0 Å². The number of amides is 1. The molecule has 2 fully saturated rings. The second-order valence-electron chi connectivity index (χ2n) is 5.86. The van der Waals surface area contributed by atoms with Gasteiger partial charge in [-0.3, -0.25) is 9.69 Å². The Morgan fingerprint density at radius 2 is 2.10 bits per heavy atom. The summed E-state index contributed by atoms with van der Waals surface area (Å²) in [7, 11) is 0. The van der Waals surface area contributed by atoms with E-state index in [-0.39, 0.29) is 5.91 Å². The minimum absolute atomic E-state index is 0.178. The quantitative estimate of drug-likeness (QED) is 0.769. The fourth-order valence-electron chi connectivity index (χ4n) is 3.49. The molecule has 0 spiro atoms. The Hall–Kier alpha value is -1.07. The van der Waals surface area contributed by atoms with Gasteiger partial charge in [0, 0.05) is 38.6 Å². The Kier molecular flexibility index (Phi) is 4.27. The van der Waals surface area contributed by atoms with Crippen LogP contribution in [0.25, 0.3) is 0 Å². The van der Waals surface area contributed by atoms with Crippen LogP contribution in [0.2, 0.25) is 0 Å². The number of ether oxygens (including phenoxy) is 2. The van der Waals surface area contributed by atoms with Gasteiger partial charge < -0.3 is 14.4 Å². The molecular weight excluding hydrogens is 256 g/mol. The highest BCUT2D eigenvalue weighted by Gasteiger charge is 2.38. The second kappa shape index (κ2) is 6.14. The lowest BCUT2D eigenvalue weighted by atomic mass is 9.99. The fraction of sp³-hybridized carbons (Fsp3) is 0.800. The molecule has 5 nitrogen and oxygen atoms in total. The summed E-state index contributed by atoms with van der Waals surface area (Å²) in [5, 5.41) is 0. The first-order valence-corrected chi connectivity index (χ1v) is 7.71. The molecule has 2 atom stereocenters. The van der Waals surface area contributed by atoms with E-state index in [9.17, 15) is 4.79 Å². The highest BCUT2D eigenvalue weighted by atomic mass is 16.5. The average Bonchev–Trinajstić information content (AvgIpc) is 3.17. The maximum atomic E-state index is 12.5. The molecule has 0 aromatic rings. The Morgan fingerprint density at radius 1 is 1.30 bits per heavy atom. The number of hydrogen-bond acceptors (Lipinski definition) is 4. The molecule has 3 heterocycles. The number of likely N-dealkylation sites (tertiary alicyclic amines) is 1. The molecule has 3 rings (SSSR count). The largest absolute Gasteiger partial charge is 0.500 e. The normalized spacial score (nSPS) is 31.2. The third-order valence-corrected chi connectivity index (χ3v) is 4.72. The molecule has 0 aliphatic carbocycles. The van der Waals surface area contributed by atoms with Crippen LogP contribution < -0.4 is 0 Å².